The van der Waals surface area contributed by atoms with E-state index in [2.05, 4.69) is 15.5 Å². The Morgan fingerprint density at radius 3 is 2.39 bits per heavy atom. The maximum Gasteiger partial charge on any atom is 0.247 e. The van der Waals surface area contributed by atoms with Gasteiger partial charge in [0, 0.05) is 11.1 Å². The van der Waals surface area contributed by atoms with E-state index in [1.807, 2.05) is 54.6 Å². The molecular formula is C22H18FN3O2. The van der Waals surface area contributed by atoms with Gasteiger partial charge in [0.1, 0.15) is 17.6 Å². The Morgan fingerprint density at radius 2 is 1.61 bits per heavy atom. The van der Waals surface area contributed by atoms with E-state index in [-0.39, 0.29) is 11.7 Å². The second-order valence-corrected chi connectivity index (χ2v) is 6.11. The summed E-state index contributed by atoms with van der Waals surface area (Å²) in [5, 5.41) is 11.6. The largest absolute Gasteiger partial charge is 0.495 e. The molecule has 0 saturated heterocycles. The van der Waals surface area contributed by atoms with Crippen LogP contribution in [0, 0.1) is 5.82 Å². The molecule has 4 rings (SSSR count). The van der Waals surface area contributed by atoms with E-state index in [0.717, 1.165) is 5.56 Å². The Bertz CT molecular complexity index is 1070. The highest BCUT2D eigenvalue weighted by Crippen LogP contribution is 2.33. The zero-order valence-corrected chi connectivity index (χ0v) is 15.2. The van der Waals surface area contributed by atoms with E-state index in [1.165, 1.54) is 6.07 Å². The van der Waals surface area contributed by atoms with Crippen molar-refractivity contribution in [2.45, 2.75) is 6.04 Å². The van der Waals surface area contributed by atoms with Crippen LogP contribution in [0.1, 0.15) is 17.5 Å². The van der Waals surface area contributed by atoms with Crippen LogP contribution in [0.25, 0.3) is 11.5 Å². The number of rotatable bonds is 6. The number of aromatic nitrogens is 2. The van der Waals surface area contributed by atoms with Crippen LogP contribution < -0.4 is 10.1 Å². The molecule has 28 heavy (non-hydrogen) atoms. The van der Waals surface area contributed by atoms with Gasteiger partial charge in [-0.25, -0.2) is 4.39 Å². The molecule has 1 heterocycles. The summed E-state index contributed by atoms with van der Waals surface area (Å²) in [5.74, 6) is 0.898. The molecule has 0 saturated carbocycles. The Balaban J connectivity index is 1.76. The molecule has 1 N–H and O–H groups in total. The van der Waals surface area contributed by atoms with Crippen molar-refractivity contribution < 1.29 is 13.5 Å². The number of benzene rings is 3. The molecular weight excluding hydrogens is 357 g/mol. The molecule has 1 atom stereocenters. The van der Waals surface area contributed by atoms with E-state index < -0.39 is 6.04 Å². The number of para-hydroxylation sites is 2. The lowest BCUT2D eigenvalue weighted by atomic mass is 10.1. The SMILES string of the molecule is COc1ccccc1N[C@H](c1nnc(-c2ccccc2)o1)c1ccccc1F. The number of hydrogen-bond donors (Lipinski definition) is 1. The zero-order chi connectivity index (χ0) is 19.3. The van der Waals surface area contributed by atoms with Crippen LogP contribution in [0.3, 0.4) is 0 Å². The summed E-state index contributed by atoms with van der Waals surface area (Å²) in [5.41, 5.74) is 1.89. The molecule has 0 fully saturated rings. The molecule has 0 aliphatic heterocycles. The highest BCUT2D eigenvalue weighted by Gasteiger charge is 2.25. The minimum atomic E-state index is -0.678. The quantitative estimate of drug-likeness (QED) is 0.509. The van der Waals surface area contributed by atoms with Crippen molar-refractivity contribution in [3.8, 4) is 17.2 Å². The molecule has 0 aliphatic carbocycles. The molecule has 0 aliphatic rings. The number of ether oxygens (including phenoxy) is 1. The number of hydrogen-bond acceptors (Lipinski definition) is 5. The number of nitrogens with zero attached hydrogens (tertiary/aromatic N) is 2. The lowest BCUT2D eigenvalue weighted by Gasteiger charge is -2.19. The fraction of sp³-hybridized carbons (Fsp3) is 0.0909. The first-order valence-electron chi connectivity index (χ1n) is 8.79. The van der Waals surface area contributed by atoms with Crippen LogP contribution in [0.2, 0.25) is 0 Å². The van der Waals surface area contributed by atoms with Gasteiger partial charge in [-0.05, 0) is 30.3 Å². The average Bonchev–Trinajstić information content (AvgIpc) is 3.23. The predicted octanol–water partition coefficient (Wildman–Crippen LogP) is 5.09. The monoisotopic (exact) mass is 375 g/mol. The Kier molecular flexibility index (Phi) is 5.01. The standard InChI is InChI=1S/C22H18FN3O2/c1-27-19-14-8-7-13-18(19)24-20(16-11-5-6-12-17(16)23)22-26-25-21(28-22)15-9-3-2-4-10-15/h2-14,20,24H,1H3/t20-/m0/s1. The summed E-state index contributed by atoms with van der Waals surface area (Å²) in [6.07, 6.45) is 0. The molecule has 140 valence electrons. The molecule has 0 amide bonds. The maximum atomic E-state index is 14.6. The van der Waals surface area contributed by atoms with E-state index in [1.54, 1.807) is 25.3 Å². The summed E-state index contributed by atoms with van der Waals surface area (Å²) in [4.78, 5) is 0. The predicted molar refractivity (Wildman–Crippen MR) is 105 cm³/mol. The molecule has 0 radical (unpaired) electrons. The van der Waals surface area contributed by atoms with Crippen molar-refractivity contribution >= 4 is 5.69 Å². The second kappa shape index (κ2) is 7.92. The minimum Gasteiger partial charge on any atom is -0.495 e. The lowest BCUT2D eigenvalue weighted by molar-refractivity contribution is 0.415. The van der Waals surface area contributed by atoms with Gasteiger partial charge < -0.3 is 14.5 Å². The first kappa shape index (κ1) is 17.7. The van der Waals surface area contributed by atoms with Gasteiger partial charge >= 0.3 is 0 Å². The van der Waals surface area contributed by atoms with Gasteiger partial charge in [0.05, 0.1) is 12.8 Å². The van der Waals surface area contributed by atoms with Crippen LogP contribution in [0.5, 0.6) is 5.75 Å². The van der Waals surface area contributed by atoms with Gasteiger partial charge in [-0.3, -0.25) is 0 Å². The van der Waals surface area contributed by atoms with Gasteiger partial charge in [-0.2, -0.15) is 0 Å². The fourth-order valence-corrected chi connectivity index (χ4v) is 2.95. The summed E-state index contributed by atoms with van der Waals surface area (Å²) < 4.78 is 25.9. The fourth-order valence-electron chi connectivity index (χ4n) is 2.95. The number of halogens is 1. The Hall–Kier alpha value is -3.67. The van der Waals surface area contributed by atoms with Crippen LogP contribution in [-0.2, 0) is 0 Å². The van der Waals surface area contributed by atoms with Gasteiger partial charge in [0.25, 0.3) is 0 Å². The van der Waals surface area contributed by atoms with Crippen LogP contribution in [0.4, 0.5) is 10.1 Å². The van der Waals surface area contributed by atoms with Crippen molar-refractivity contribution in [3.05, 3.63) is 96.1 Å². The van der Waals surface area contributed by atoms with Crippen LogP contribution >= 0.6 is 0 Å². The molecule has 4 aromatic rings. The molecule has 0 bridgehead atoms. The molecule has 0 spiro atoms. The minimum absolute atomic E-state index is 0.259. The van der Waals surface area contributed by atoms with E-state index in [4.69, 9.17) is 9.15 Å². The second-order valence-electron chi connectivity index (χ2n) is 6.11. The molecule has 3 aromatic carbocycles. The van der Waals surface area contributed by atoms with E-state index in [9.17, 15) is 4.39 Å². The van der Waals surface area contributed by atoms with Crippen molar-refractivity contribution in [2.24, 2.45) is 0 Å². The first-order chi connectivity index (χ1) is 13.8. The molecule has 1 aromatic heterocycles. The van der Waals surface area contributed by atoms with Crippen LogP contribution in [-0.4, -0.2) is 17.3 Å². The molecule has 6 heteroatoms. The zero-order valence-electron chi connectivity index (χ0n) is 15.2. The highest BCUT2D eigenvalue weighted by molar-refractivity contribution is 5.58. The van der Waals surface area contributed by atoms with Gasteiger partial charge in [-0.15, -0.1) is 10.2 Å². The maximum absolute atomic E-state index is 14.6. The average molecular weight is 375 g/mol. The number of methoxy groups -OCH3 is 1. The summed E-state index contributed by atoms with van der Waals surface area (Å²) >= 11 is 0. The first-order valence-corrected chi connectivity index (χ1v) is 8.79. The summed E-state index contributed by atoms with van der Waals surface area (Å²) in [6, 6.07) is 22.7. The van der Waals surface area contributed by atoms with Crippen molar-refractivity contribution in [2.75, 3.05) is 12.4 Å². The third-order valence-corrected chi connectivity index (χ3v) is 4.33. The summed E-state index contributed by atoms with van der Waals surface area (Å²) in [6.45, 7) is 0. The van der Waals surface area contributed by atoms with Gasteiger partial charge in [-0.1, -0.05) is 48.5 Å². The summed E-state index contributed by atoms with van der Waals surface area (Å²) in [7, 11) is 1.58. The third kappa shape index (κ3) is 3.57. The van der Waals surface area contributed by atoms with Crippen molar-refractivity contribution in [1.82, 2.24) is 10.2 Å². The van der Waals surface area contributed by atoms with Gasteiger partial charge in [0.15, 0.2) is 0 Å². The highest BCUT2D eigenvalue weighted by atomic mass is 19.1. The topological polar surface area (TPSA) is 60.2 Å². The van der Waals surface area contributed by atoms with E-state index >= 15 is 0 Å². The van der Waals surface area contributed by atoms with Gasteiger partial charge in [0.2, 0.25) is 11.8 Å². The molecule has 0 unspecified atom stereocenters. The number of nitrogens with one attached hydrogen (secondary N) is 1. The Morgan fingerprint density at radius 1 is 0.893 bits per heavy atom. The van der Waals surface area contributed by atoms with E-state index in [0.29, 0.717) is 22.9 Å². The smallest absolute Gasteiger partial charge is 0.247 e. The Labute approximate surface area is 161 Å². The molecule has 5 nitrogen and oxygen atoms in total. The van der Waals surface area contributed by atoms with Crippen molar-refractivity contribution in [3.63, 3.8) is 0 Å². The normalized spacial score (nSPS) is 11.8. The third-order valence-electron chi connectivity index (χ3n) is 4.33. The number of anilines is 1. The van der Waals surface area contributed by atoms with Crippen molar-refractivity contribution in [1.29, 1.82) is 0 Å². The lowest BCUT2D eigenvalue weighted by Crippen LogP contribution is -2.15. The van der Waals surface area contributed by atoms with Crippen LogP contribution in [0.15, 0.2) is 83.3 Å².